The van der Waals surface area contributed by atoms with Crippen LogP contribution in [0.5, 0.6) is 11.5 Å². The molecule has 162 valence electrons. The number of rotatable bonds is 8. The Bertz CT molecular complexity index is 875. The number of benzene rings is 2. The molecule has 0 unspecified atom stereocenters. The van der Waals surface area contributed by atoms with Gasteiger partial charge in [0, 0.05) is 11.4 Å². The molecule has 0 aliphatic heterocycles. The van der Waals surface area contributed by atoms with Crippen molar-refractivity contribution >= 4 is 23.2 Å². The Hall–Kier alpha value is -3.28. The van der Waals surface area contributed by atoms with Crippen LogP contribution in [0.15, 0.2) is 60.7 Å². The maximum atomic E-state index is 13.1. The molecule has 0 spiro atoms. The summed E-state index contributed by atoms with van der Waals surface area (Å²) in [6.45, 7) is 5.04. The number of carbonyl (C=O) groups is 2. The van der Waals surface area contributed by atoms with E-state index in [9.17, 15) is 9.59 Å². The van der Waals surface area contributed by atoms with Gasteiger partial charge in [-0.05, 0) is 80.6 Å². The first-order valence-electron chi connectivity index (χ1n) is 10.8. The Morgan fingerprint density at radius 3 is 1.48 bits per heavy atom. The lowest BCUT2D eigenvalue weighted by Crippen LogP contribution is -2.39. The molecule has 2 aromatic rings. The van der Waals surface area contributed by atoms with Gasteiger partial charge in [-0.3, -0.25) is 9.59 Å². The van der Waals surface area contributed by atoms with Gasteiger partial charge < -0.3 is 20.1 Å². The minimum absolute atomic E-state index is 0.0868. The van der Waals surface area contributed by atoms with Gasteiger partial charge in [0.15, 0.2) is 0 Å². The van der Waals surface area contributed by atoms with Crippen LogP contribution in [0.3, 0.4) is 0 Å². The number of amides is 2. The van der Waals surface area contributed by atoms with Crippen molar-refractivity contribution in [2.75, 3.05) is 23.8 Å². The number of ether oxygens (including phenoxy) is 2. The van der Waals surface area contributed by atoms with Gasteiger partial charge in [-0.25, -0.2) is 0 Å². The predicted octanol–water partition coefficient (Wildman–Crippen LogP) is 4.50. The first-order chi connectivity index (χ1) is 15.1. The monoisotopic (exact) mass is 420 g/mol. The zero-order valence-electron chi connectivity index (χ0n) is 17.8. The minimum atomic E-state index is -0.385. The summed E-state index contributed by atoms with van der Waals surface area (Å²) in [5.74, 6) is 0.689. The molecule has 2 bridgehead atoms. The van der Waals surface area contributed by atoms with E-state index in [0.717, 1.165) is 17.9 Å². The van der Waals surface area contributed by atoms with Gasteiger partial charge in [0.05, 0.1) is 25.0 Å². The van der Waals surface area contributed by atoms with Crippen molar-refractivity contribution in [1.82, 2.24) is 0 Å². The van der Waals surface area contributed by atoms with E-state index in [0.29, 0.717) is 24.6 Å². The standard InChI is InChI=1S/C25H28N2O4/c1-3-30-20-11-7-18(8-12-20)26-24(28)22-16-5-6-17(15-16)23(22)25(29)27-19-9-13-21(14-10-19)31-4-2/h5-14,16-17,22-23H,3-4,15H2,1-2H3,(H,26,28)(H,27,29)/t16-,17-,22-,23+/m1/s1. The first-order valence-corrected chi connectivity index (χ1v) is 10.8. The number of hydrogen-bond donors (Lipinski definition) is 2. The van der Waals surface area contributed by atoms with Crippen LogP contribution in [0, 0.1) is 23.7 Å². The molecule has 2 aliphatic rings. The number of hydrogen-bond acceptors (Lipinski definition) is 4. The largest absolute Gasteiger partial charge is 0.494 e. The van der Waals surface area contributed by atoms with Crippen LogP contribution in [-0.2, 0) is 9.59 Å². The molecular formula is C25H28N2O4. The van der Waals surface area contributed by atoms with Crippen LogP contribution in [0.1, 0.15) is 20.3 Å². The fraction of sp³-hybridized carbons (Fsp3) is 0.360. The van der Waals surface area contributed by atoms with E-state index in [1.165, 1.54) is 0 Å². The third-order valence-electron chi connectivity index (χ3n) is 5.93. The number of anilines is 2. The third-order valence-corrected chi connectivity index (χ3v) is 5.93. The van der Waals surface area contributed by atoms with Crippen molar-refractivity contribution in [3.05, 3.63) is 60.7 Å². The zero-order valence-corrected chi connectivity index (χ0v) is 17.8. The summed E-state index contributed by atoms with van der Waals surface area (Å²) < 4.78 is 10.9. The minimum Gasteiger partial charge on any atom is -0.494 e. The molecule has 2 N–H and O–H groups in total. The number of fused-ring (bicyclic) bond motifs is 2. The highest BCUT2D eigenvalue weighted by molar-refractivity contribution is 6.01. The average molecular weight is 421 g/mol. The van der Waals surface area contributed by atoms with E-state index in [4.69, 9.17) is 9.47 Å². The van der Waals surface area contributed by atoms with Gasteiger partial charge in [0.2, 0.25) is 11.8 Å². The summed E-state index contributed by atoms with van der Waals surface area (Å²) in [4.78, 5) is 26.3. The SMILES string of the molecule is CCOc1ccc(NC(=O)[C@@H]2[C@H](C(=O)Nc3ccc(OCC)cc3)[C@@H]3C=C[C@@H]2C3)cc1. The molecule has 31 heavy (non-hydrogen) atoms. The van der Waals surface area contributed by atoms with Crippen LogP contribution >= 0.6 is 0 Å². The summed E-state index contributed by atoms with van der Waals surface area (Å²) >= 11 is 0. The molecule has 0 aromatic heterocycles. The lowest BCUT2D eigenvalue weighted by atomic mass is 9.81. The molecule has 0 radical (unpaired) electrons. The summed E-state index contributed by atoms with van der Waals surface area (Å²) in [6, 6.07) is 14.6. The molecule has 4 atom stereocenters. The normalized spacial score (nSPS) is 23.4. The Balaban J connectivity index is 1.44. The van der Waals surface area contributed by atoms with Gasteiger partial charge in [-0.2, -0.15) is 0 Å². The maximum absolute atomic E-state index is 13.1. The topological polar surface area (TPSA) is 76.7 Å². The van der Waals surface area contributed by atoms with Gasteiger partial charge in [-0.1, -0.05) is 12.2 Å². The molecule has 6 heteroatoms. The smallest absolute Gasteiger partial charge is 0.228 e. The Labute approximate surface area is 182 Å². The van der Waals surface area contributed by atoms with Crippen molar-refractivity contribution in [2.45, 2.75) is 20.3 Å². The van der Waals surface area contributed by atoms with Crippen LogP contribution in [0.2, 0.25) is 0 Å². The van der Waals surface area contributed by atoms with E-state index in [1.807, 2.05) is 62.4 Å². The Morgan fingerprint density at radius 2 is 1.13 bits per heavy atom. The number of carbonyl (C=O) groups excluding carboxylic acids is 2. The molecule has 0 saturated heterocycles. The predicted molar refractivity (Wildman–Crippen MR) is 120 cm³/mol. The van der Waals surface area contributed by atoms with Gasteiger partial charge in [0.25, 0.3) is 0 Å². The molecule has 6 nitrogen and oxygen atoms in total. The van der Waals surface area contributed by atoms with Crippen molar-refractivity contribution < 1.29 is 19.1 Å². The Morgan fingerprint density at radius 1 is 0.742 bits per heavy atom. The molecule has 2 aromatic carbocycles. The molecular weight excluding hydrogens is 392 g/mol. The van der Waals surface area contributed by atoms with Gasteiger partial charge in [-0.15, -0.1) is 0 Å². The molecule has 1 saturated carbocycles. The van der Waals surface area contributed by atoms with Crippen molar-refractivity contribution in [3.8, 4) is 11.5 Å². The van der Waals surface area contributed by atoms with E-state index in [1.54, 1.807) is 0 Å². The second-order valence-corrected chi connectivity index (χ2v) is 7.89. The number of allylic oxidation sites excluding steroid dienone is 2. The fourth-order valence-corrected chi connectivity index (χ4v) is 4.59. The van der Waals surface area contributed by atoms with Gasteiger partial charge >= 0.3 is 0 Å². The Kier molecular flexibility index (Phi) is 6.26. The molecule has 2 aliphatic carbocycles. The lowest BCUT2D eigenvalue weighted by Gasteiger charge is -2.26. The zero-order chi connectivity index (χ0) is 21.8. The van der Waals surface area contributed by atoms with Crippen LogP contribution in [0.25, 0.3) is 0 Å². The van der Waals surface area contributed by atoms with Crippen LogP contribution < -0.4 is 20.1 Å². The summed E-state index contributed by atoms with van der Waals surface area (Å²) in [5, 5.41) is 5.97. The number of nitrogens with one attached hydrogen (secondary N) is 2. The van der Waals surface area contributed by atoms with Crippen LogP contribution in [0.4, 0.5) is 11.4 Å². The highest BCUT2D eigenvalue weighted by Crippen LogP contribution is 2.48. The highest BCUT2D eigenvalue weighted by Gasteiger charge is 2.51. The average Bonchev–Trinajstić information content (AvgIpc) is 3.39. The fourth-order valence-electron chi connectivity index (χ4n) is 4.59. The quantitative estimate of drug-likeness (QED) is 0.617. The molecule has 0 heterocycles. The summed E-state index contributed by atoms with van der Waals surface area (Å²) in [7, 11) is 0. The second kappa shape index (κ2) is 9.25. The van der Waals surface area contributed by atoms with Gasteiger partial charge in [0.1, 0.15) is 11.5 Å². The van der Waals surface area contributed by atoms with Crippen molar-refractivity contribution in [1.29, 1.82) is 0 Å². The first kappa shape index (κ1) is 21.0. The van der Waals surface area contributed by atoms with E-state index in [2.05, 4.69) is 22.8 Å². The van der Waals surface area contributed by atoms with E-state index >= 15 is 0 Å². The third kappa shape index (κ3) is 4.58. The van der Waals surface area contributed by atoms with E-state index < -0.39 is 0 Å². The molecule has 4 rings (SSSR count). The second-order valence-electron chi connectivity index (χ2n) is 7.89. The highest BCUT2D eigenvalue weighted by atomic mass is 16.5. The lowest BCUT2D eigenvalue weighted by molar-refractivity contribution is -0.129. The van der Waals surface area contributed by atoms with E-state index in [-0.39, 0.29) is 35.5 Å². The van der Waals surface area contributed by atoms with Crippen LogP contribution in [-0.4, -0.2) is 25.0 Å². The molecule has 1 fully saturated rings. The van der Waals surface area contributed by atoms with Crippen molar-refractivity contribution in [3.63, 3.8) is 0 Å². The maximum Gasteiger partial charge on any atom is 0.228 e. The summed E-state index contributed by atoms with van der Waals surface area (Å²) in [5.41, 5.74) is 1.40. The summed E-state index contributed by atoms with van der Waals surface area (Å²) in [6.07, 6.45) is 4.99. The molecule has 2 amide bonds. The van der Waals surface area contributed by atoms with Crippen molar-refractivity contribution in [2.24, 2.45) is 23.7 Å².